The smallest absolute Gasteiger partial charge is 0.270 e. The van der Waals surface area contributed by atoms with E-state index in [2.05, 4.69) is 10.3 Å². The van der Waals surface area contributed by atoms with E-state index in [1.807, 2.05) is 26.8 Å². The van der Waals surface area contributed by atoms with Crippen LogP contribution < -0.4 is 10.9 Å². The summed E-state index contributed by atoms with van der Waals surface area (Å²) in [5.74, 6) is -0.494. The van der Waals surface area contributed by atoms with Crippen molar-refractivity contribution in [1.29, 1.82) is 0 Å². The summed E-state index contributed by atoms with van der Waals surface area (Å²) in [6.07, 6.45) is 2.27. The van der Waals surface area contributed by atoms with Gasteiger partial charge < -0.3 is 10.4 Å². The van der Waals surface area contributed by atoms with Gasteiger partial charge >= 0.3 is 0 Å². The second kappa shape index (κ2) is 6.05. The van der Waals surface area contributed by atoms with E-state index < -0.39 is 17.6 Å². The summed E-state index contributed by atoms with van der Waals surface area (Å²) in [6, 6.07) is 3.57. The predicted octanol–water partition coefficient (Wildman–Crippen LogP) is 0.750. The minimum Gasteiger partial charge on any atom is -0.391 e. The number of carbonyl (C=O) groups is 1. The molecule has 0 bridgehead atoms. The lowest BCUT2D eigenvalue weighted by molar-refractivity contribution is 0.0869. The maximum Gasteiger partial charge on any atom is 0.270 e. The van der Waals surface area contributed by atoms with Gasteiger partial charge in [0.2, 0.25) is 0 Å². The number of amides is 1. The average molecular weight is 289 g/mol. The predicted molar refractivity (Wildman–Crippen MR) is 79.4 cm³/mol. The van der Waals surface area contributed by atoms with Crippen molar-refractivity contribution in [3.05, 3.63) is 46.0 Å². The van der Waals surface area contributed by atoms with E-state index in [-0.39, 0.29) is 18.0 Å². The number of aromatic nitrogens is 2. The highest BCUT2D eigenvalue weighted by molar-refractivity contribution is 5.93. The number of nitrogens with zero attached hydrogens (tertiary/aromatic N) is 2. The molecule has 2 heterocycles. The molecule has 0 radical (unpaired) electrons. The molecule has 112 valence electrons. The lowest BCUT2D eigenvalue weighted by Gasteiger charge is -2.14. The summed E-state index contributed by atoms with van der Waals surface area (Å²) in [5.41, 5.74) is 0.942. The molecule has 2 aromatic heterocycles. The summed E-state index contributed by atoms with van der Waals surface area (Å²) < 4.78 is 1.35. The van der Waals surface area contributed by atoms with Gasteiger partial charge in [-0.3, -0.25) is 14.0 Å². The van der Waals surface area contributed by atoms with Crippen molar-refractivity contribution in [2.75, 3.05) is 6.54 Å². The minimum atomic E-state index is -0.646. The van der Waals surface area contributed by atoms with Crippen LogP contribution in [0.25, 0.3) is 5.65 Å². The van der Waals surface area contributed by atoms with Gasteiger partial charge in [-0.05, 0) is 24.5 Å². The molecule has 2 N–H and O–H groups in total. The summed E-state index contributed by atoms with van der Waals surface area (Å²) in [6.45, 7) is 5.67. The first-order chi connectivity index (χ1) is 9.90. The quantitative estimate of drug-likeness (QED) is 0.870. The molecule has 6 heteroatoms. The molecular weight excluding hydrogens is 270 g/mol. The highest BCUT2D eigenvalue weighted by Crippen LogP contribution is 2.02. The Bertz CT molecular complexity index is 722. The summed E-state index contributed by atoms with van der Waals surface area (Å²) in [7, 11) is 0. The van der Waals surface area contributed by atoms with Gasteiger partial charge in [-0.15, -0.1) is 0 Å². The van der Waals surface area contributed by atoms with Gasteiger partial charge in [0, 0.05) is 18.9 Å². The Morgan fingerprint density at radius 3 is 2.81 bits per heavy atom. The largest absolute Gasteiger partial charge is 0.391 e. The van der Waals surface area contributed by atoms with Crippen LogP contribution in [0.2, 0.25) is 0 Å². The zero-order chi connectivity index (χ0) is 15.6. The van der Waals surface area contributed by atoms with Gasteiger partial charge in [0.1, 0.15) is 11.2 Å². The second-order valence-electron chi connectivity index (χ2n) is 5.43. The van der Waals surface area contributed by atoms with Crippen molar-refractivity contribution in [1.82, 2.24) is 14.7 Å². The maximum absolute atomic E-state index is 12.3. The minimum absolute atomic E-state index is 0.0313. The number of nitrogens with one attached hydrogen (secondary N) is 1. The van der Waals surface area contributed by atoms with Crippen molar-refractivity contribution in [3.8, 4) is 0 Å². The van der Waals surface area contributed by atoms with Gasteiger partial charge in [-0.2, -0.15) is 0 Å². The molecule has 0 aliphatic carbocycles. The van der Waals surface area contributed by atoms with Crippen LogP contribution in [0.4, 0.5) is 0 Å². The number of fused-ring (bicyclic) bond motifs is 1. The lowest BCUT2D eigenvalue weighted by atomic mass is 10.1. The zero-order valence-corrected chi connectivity index (χ0v) is 12.3. The monoisotopic (exact) mass is 289 g/mol. The Hall–Kier alpha value is -2.21. The molecule has 1 unspecified atom stereocenters. The van der Waals surface area contributed by atoms with Crippen molar-refractivity contribution >= 4 is 11.6 Å². The number of aryl methyl sites for hydroxylation is 1. The van der Waals surface area contributed by atoms with Crippen LogP contribution in [0, 0.1) is 12.8 Å². The third kappa shape index (κ3) is 3.28. The van der Waals surface area contributed by atoms with Gasteiger partial charge in [0.25, 0.3) is 11.5 Å². The summed E-state index contributed by atoms with van der Waals surface area (Å²) in [5, 5.41) is 12.2. The van der Waals surface area contributed by atoms with Gasteiger partial charge in [-0.1, -0.05) is 19.9 Å². The first-order valence-corrected chi connectivity index (χ1v) is 6.84. The third-order valence-electron chi connectivity index (χ3n) is 3.34. The molecule has 1 atom stereocenters. The molecule has 0 fully saturated rings. The molecule has 21 heavy (non-hydrogen) atoms. The number of hydrogen-bond donors (Lipinski definition) is 2. The SMILES string of the molecule is Cc1ccc2ncc(C(=O)NCC(O)C(C)C)c(=O)n2c1. The van der Waals surface area contributed by atoms with Crippen LogP contribution in [0.5, 0.6) is 0 Å². The van der Waals surface area contributed by atoms with E-state index in [9.17, 15) is 14.7 Å². The molecule has 0 saturated heterocycles. The van der Waals surface area contributed by atoms with Crippen molar-refractivity contribution in [3.63, 3.8) is 0 Å². The number of rotatable bonds is 4. The van der Waals surface area contributed by atoms with Gasteiger partial charge in [0.05, 0.1) is 6.10 Å². The van der Waals surface area contributed by atoms with E-state index in [0.29, 0.717) is 5.65 Å². The lowest BCUT2D eigenvalue weighted by Crippen LogP contribution is -2.37. The van der Waals surface area contributed by atoms with Gasteiger partial charge in [0.15, 0.2) is 0 Å². The van der Waals surface area contributed by atoms with Crippen LogP contribution in [0.3, 0.4) is 0 Å². The molecule has 0 aliphatic rings. The van der Waals surface area contributed by atoms with Crippen LogP contribution in [0.1, 0.15) is 29.8 Å². The maximum atomic E-state index is 12.3. The first kappa shape index (κ1) is 15.2. The molecule has 0 aromatic carbocycles. The molecule has 0 aliphatic heterocycles. The fourth-order valence-electron chi connectivity index (χ4n) is 1.87. The molecule has 6 nitrogen and oxygen atoms in total. The average Bonchev–Trinajstić information content (AvgIpc) is 2.45. The normalized spacial score (nSPS) is 12.6. The molecule has 1 amide bonds. The Morgan fingerprint density at radius 2 is 2.14 bits per heavy atom. The second-order valence-corrected chi connectivity index (χ2v) is 5.43. The Balaban J connectivity index is 2.28. The molecule has 2 aromatic rings. The summed E-state index contributed by atoms with van der Waals surface area (Å²) >= 11 is 0. The number of carbonyl (C=O) groups excluding carboxylic acids is 1. The van der Waals surface area contributed by atoms with E-state index in [0.717, 1.165) is 5.56 Å². The fraction of sp³-hybridized carbons (Fsp3) is 0.400. The van der Waals surface area contributed by atoms with E-state index >= 15 is 0 Å². The van der Waals surface area contributed by atoms with Crippen LogP contribution in [0.15, 0.2) is 29.3 Å². The number of aliphatic hydroxyl groups is 1. The van der Waals surface area contributed by atoms with Crippen molar-refractivity contribution in [2.45, 2.75) is 26.9 Å². The van der Waals surface area contributed by atoms with E-state index in [1.165, 1.54) is 10.6 Å². The Kier molecular flexibility index (Phi) is 4.37. The molecule has 0 spiro atoms. The van der Waals surface area contributed by atoms with Crippen LogP contribution in [-0.4, -0.2) is 33.0 Å². The topological polar surface area (TPSA) is 83.7 Å². The Labute approximate surface area is 122 Å². The van der Waals surface area contributed by atoms with Gasteiger partial charge in [-0.25, -0.2) is 4.98 Å². The molecule has 0 saturated carbocycles. The number of pyridine rings is 1. The number of hydrogen-bond acceptors (Lipinski definition) is 4. The van der Waals surface area contributed by atoms with Crippen LogP contribution >= 0.6 is 0 Å². The van der Waals surface area contributed by atoms with Crippen molar-refractivity contribution in [2.24, 2.45) is 5.92 Å². The van der Waals surface area contributed by atoms with Crippen LogP contribution in [-0.2, 0) is 0 Å². The van der Waals surface area contributed by atoms with E-state index in [4.69, 9.17) is 0 Å². The highest BCUT2D eigenvalue weighted by atomic mass is 16.3. The summed E-state index contributed by atoms with van der Waals surface area (Å²) in [4.78, 5) is 28.5. The number of aliphatic hydroxyl groups excluding tert-OH is 1. The van der Waals surface area contributed by atoms with E-state index in [1.54, 1.807) is 12.3 Å². The fourth-order valence-corrected chi connectivity index (χ4v) is 1.87. The van der Waals surface area contributed by atoms with Crippen molar-refractivity contribution < 1.29 is 9.90 Å². The first-order valence-electron chi connectivity index (χ1n) is 6.84. The third-order valence-corrected chi connectivity index (χ3v) is 3.34. The Morgan fingerprint density at radius 1 is 1.43 bits per heavy atom. The standard InChI is InChI=1S/C15H19N3O3/c1-9(2)12(19)7-17-14(20)11-6-16-13-5-4-10(3)8-18(13)15(11)21/h4-6,8-9,12,19H,7H2,1-3H3,(H,17,20). The molecular formula is C15H19N3O3. The molecule has 2 rings (SSSR count). The highest BCUT2D eigenvalue weighted by Gasteiger charge is 2.15. The zero-order valence-electron chi connectivity index (χ0n) is 12.3.